The number of hydrogen-bond donors (Lipinski definition) is 0. The largest absolute Gasteiger partial charge is 0.465 e. The summed E-state index contributed by atoms with van der Waals surface area (Å²) in [5, 5.41) is 4.04. The lowest BCUT2D eigenvalue weighted by atomic mass is 10.2. The van der Waals surface area contributed by atoms with Crippen molar-refractivity contribution in [2.45, 2.75) is 0 Å². The van der Waals surface area contributed by atoms with Gasteiger partial charge in [0.25, 0.3) is 5.78 Å². The molecule has 0 radical (unpaired) electrons. The summed E-state index contributed by atoms with van der Waals surface area (Å²) in [6.45, 7) is 0. The normalized spacial score (nSPS) is 11.1. The molecule has 0 aromatic carbocycles. The lowest BCUT2D eigenvalue weighted by Crippen LogP contribution is -2.10. The van der Waals surface area contributed by atoms with E-state index < -0.39 is 5.97 Å². The molecular weight excluding hydrogens is 234 g/mol. The maximum Gasteiger partial charge on any atom is 0.341 e. The summed E-state index contributed by atoms with van der Waals surface area (Å²) in [6, 6.07) is 0. The standard InChI is InChI=1S/C11H13N5O2/c1-15(2)5-4-9-8(10(17)18-3)6-12-11-13-7-14-16(9)11/h4-7H,1-3H3. The van der Waals surface area contributed by atoms with Crippen LogP contribution >= 0.6 is 0 Å². The highest BCUT2D eigenvalue weighted by Gasteiger charge is 2.15. The van der Waals surface area contributed by atoms with Gasteiger partial charge in [-0.2, -0.15) is 14.6 Å². The first-order valence-corrected chi connectivity index (χ1v) is 5.25. The summed E-state index contributed by atoms with van der Waals surface area (Å²) in [5.41, 5.74) is 0.923. The third-order valence-corrected chi connectivity index (χ3v) is 2.28. The second-order valence-corrected chi connectivity index (χ2v) is 3.80. The van der Waals surface area contributed by atoms with Gasteiger partial charge >= 0.3 is 5.97 Å². The number of carbonyl (C=O) groups excluding carboxylic acids is 1. The van der Waals surface area contributed by atoms with Crippen molar-refractivity contribution in [3.63, 3.8) is 0 Å². The molecule has 0 bridgehead atoms. The number of nitrogens with zero attached hydrogens (tertiary/aromatic N) is 5. The highest BCUT2D eigenvalue weighted by molar-refractivity contribution is 5.92. The molecule has 0 aliphatic carbocycles. The van der Waals surface area contributed by atoms with Gasteiger partial charge in [-0.1, -0.05) is 0 Å². The van der Waals surface area contributed by atoms with Crippen molar-refractivity contribution in [1.82, 2.24) is 24.5 Å². The van der Waals surface area contributed by atoms with Crippen molar-refractivity contribution < 1.29 is 9.53 Å². The summed E-state index contributed by atoms with van der Waals surface area (Å²) in [6.07, 6.45) is 6.39. The van der Waals surface area contributed by atoms with Gasteiger partial charge in [0.15, 0.2) is 0 Å². The Hall–Kier alpha value is -2.44. The van der Waals surface area contributed by atoms with E-state index in [2.05, 4.69) is 15.1 Å². The Morgan fingerprint density at radius 1 is 1.44 bits per heavy atom. The highest BCUT2D eigenvalue weighted by Crippen LogP contribution is 2.12. The Kier molecular flexibility index (Phi) is 3.22. The van der Waals surface area contributed by atoms with E-state index in [-0.39, 0.29) is 0 Å². The van der Waals surface area contributed by atoms with E-state index in [1.54, 1.807) is 6.08 Å². The van der Waals surface area contributed by atoms with Crippen LogP contribution in [0.3, 0.4) is 0 Å². The summed E-state index contributed by atoms with van der Waals surface area (Å²) < 4.78 is 6.21. The van der Waals surface area contributed by atoms with Crippen LogP contribution in [0.15, 0.2) is 18.7 Å². The van der Waals surface area contributed by atoms with E-state index >= 15 is 0 Å². The van der Waals surface area contributed by atoms with Crippen molar-refractivity contribution in [1.29, 1.82) is 0 Å². The molecule has 2 aromatic rings. The Balaban J connectivity index is 2.62. The molecule has 0 atom stereocenters. The van der Waals surface area contributed by atoms with Crippen LogP contribution in [0.1, 0.15) is 16.1 Å². The van der Waals surface area contributed by atoms with Crippen molar-refractivity contribution >= 4 is 17.8 Å². The number of hydrogen-bond acceptors (Lipinski definition) is 6. The van der Waals surface area contributed by atoms with Gasteiger partial charge in [0.05, 0.1) is 12.8 Å². The number of ether oxygens (including phenoxy) is 1. The topological polar surface area (TPSA) is 72.6 Å². The molecule has 0 unspecified atom stereocenters. The molecule has 94 valence electrons. The van der Waals surface area contributed by atoms with Crippen LogP contribution in [0.4, 0.5) is 0 Å². The molecule has 2 aromatic heterocycles. The predicted molar refractivity (Wildman–Crippen MR) is 64.8 cm³/mol. The van der Waals surface area contributed by atoms with E-state index in [0.29, 0.717) is 17.0 Å². The zero-order valence-electron chi connectivity index (χ0n) is 10.4. The van der Waals surface area contributed by atoms with Gasteiger partial charge in [0.2, 0.25) is 0 Å². The third-order valence-electron chi connectivity index (χ3n) is 2.28. The third kappa shape index (κ3) is 2.15. The minimum absolute atomic E-state index is 0.341. The summed E-state index contributed by atoms with van der Waals surface area (Å²) >= 11 is 0. The molecule has 0 saturated carbocycles. The fraction of sp³-hybridized carbons (Fsp3) is 0.273. The minimum Gasteiger partial charge on any atom is -0.465 e. The van der Waals surface area contributed by atoms with Crippen LogP contribution in [0, 0.1) is 0 Å². The second kappa shape index (κ2) is 4.82. The maximum atomic E-state index is 11.7. The van der Waals surface area contributed by atoms with Crippen LogP contribution in [-0.2, 0) is 4.74 Å². The van der Waals surface area contributed by atoms with E-state index in [9.17, 15) is 4.79 Å². The fourth-order valence-electron chi connectivity index (χ4n) is 1.44. The SMILES string of the molecule is COC(=O)c1cnc2ncnn2c1C=CN(C)C. The smallest absolute Gasteiger partial charge is 0.341 e. The van der Waals surface area contributed by atoms with Gasteiger partial charge in [-0.25, -0.2) is 9.78 Å². The van der Waals surface area contributed by atoms with Crippen molar-refractivity contribution in [2.75, 3.05) is 21.2 Å². The van der Waals surface area contributed by atoms with Crippen LogP contribution in [-0.4, -0.2) is 51.7 Å². The van der Waals surface area contributed by atoms with Crippen molar-refractivity contribution in [3.8, 4) is 0 Å². The van der Waals surface area contributed by atoms with Crippen molar-refractivity contribution in [2.24, 2.45) is 0 Å². The Morgan fingerprint density at radius 3 is 2.89 bits per heavy atom. The quantitative estimate of drug-likeness (QED) is 0.733. The maximum absolute atomic E-state index is 11.7. The Bertz CT molecular complexity index is 602. The molecule has 7 nitrogen and oxygen atoms in total. The van der Waals surface area contributed by atoms with Gasteiger partial charge in [-0.15, -0.1) is 0 Å². The van der Waals surface area contributed by atoms with Gasteiger partial charge in [-0.3, -0.25) is 0 Å². The van der Waals surface area contributed by atoms with E-state index in [4.69, 9.17) is 4.74 Å². The van der Waals surface area contributed by atoms with Crippen LogP contribution < -0.4 is 0 Å². The Labute approximate surface area is 104 Å². The molecule has 0 amide bonds. The Morgan fingerprint density at radius 2 is 2.22 bits per heavy atom. The number of fused-ring (bicyclic) bond motifs is 1. The van der Waals surface area contributed by atoms with Gasteiger partial charge in [0.1, 0.15) is 11.9 Å². The highest BCUT2D eigenvalue weighted by atomic mass is 16.5. The van der Waals surface area contributed by atoms with Crippen LogP contribution in [0.25, 0.3) is 11.9 Å². The molecule has 7 heteroatoms. The average Bonchev–Trinajstić information content (AvgIpc) is 2.83. The number of methoxy groups -OCH3 is 1. The molecule has 18 heavy (non-hydrogen) atoms. The van der Waals surface area contributed by atoms with Gasteiger partial charge < -0.3 is 9.64 Å². The lowest BCUT2D eigenvalue weighted by molar-refractivity contribution is 0.0599. The molecule has 0 aliphatic heterocycles. The lowest BCUT2D eigenvalue weighted by Gasteiger charge is -2.07. The predicted octanol–water partition coefficient (Wildman–Crippen LogP) is 0.443. The zero-order chi connectivity index (χ0) is 13.1. The number of aromatic nitrogens is 4. The monoisotopic (exact) mass is 247 g/mol. The fourth-order valence-corrected chi connectivity index (χ4v) is 1.44. The summed E-state index contributed by atoms with van der Waals surface area (Å²) in [4.78, 5) is 21.5. The number of esters is 1. The van der Waals surface area contributed by atoms with Crippen molar-refractivity contribution in [3.05, 3.63) is 30.0 Å². The van der Waals surface area contributed by atoms with Crippen LogP contribution in [0.2, 0.25) is 0 Å². The first-order chi connectivity index (χ1) is 8.63. The number of carbonyl (C=O) groups is 1. The molecular formula is C11H13N5O2. The van der Waals surface area contributed by atoms with E-state index in [1.807, 2.05) is 25.2 Å². The number of rotatable bonds is 3. The first-order valence-electron chi connectivity index (χ1n) is 5.25. The first kappa shape index (κ1) is 12.0. The molecule has 2 rings (SSSR count). The molecule has 0 saturated heterocycles. The molecule has 2 heterocycles. The minimum atomic E-state index is -0.460. The molecule has 0 fully saturated rings. The van der Waals surface area contributed by atoms with Gasteiger partial charge in [-0.05, 0) is 6.08 Å². The summed E-state index contributed by atoms with van der Waals surface area (Å²) in [7, 11) is 5.09. The van der Waals surface area contributed by atoms with Gasteiger partial charge in [0, 0.05) is 26.5 Å². The van der Waals surface area contributed by atoms with E-state index in [0.717, 1.165) is 0 Å². The molecule has 0 aliphatic rings. The van der Waals surface area contributed by atoms with Crippen LogP contribution in [0.5, 0.6) is 0 Å². The van der Waals surface area contributed by atoms with E-state index in [1.165, 1.54) is 24.1 Å². The molecule has 0 N–H and O–H groups in total. The average molecular weight is 247 g/mol. The molecule has 0 spiro atoms. The zero-order valence-corrected chi connectivity index (χ0v) is 10.4. The summed E-state index contributed by atoms with van der Waals surface area (Å²) in [5.74, 6) is -0.0284. The second-order valence-electron chi connectivity index (χ2n) is 3.80.